The van der Waals surface area contributed by atoms with Gasteiger partial charge in [-0.15, -0.1) is 0 Å². The molecule has 100 valence electrons. The summed E-state index contributed by atoms with van der Waals surface area (Å²) in [7, 11) is 1.19. The van der Waals surface area contributed by atoms with Crippen LogP contribution in [0, 0.1) is 0 Å². The lowest BCUT2D eigenvalue weighted by Crippen LogP contribution is -2.30. The third kappa shape index (κ3) is 1.82. The van der Waals surface area contributed by atoms with E-state index >= 15 is 0 Å². The SMILES string of the molecule is COc1ccc(C2(N)CC2(F)F)c(C(F)(F)F)c1. The van der Waals surface area contributed by atoms with Gasteiger partial charge in [-0.1, -0.05) is 6.07 Å². The van der Waals surface area contributed by atoms with E-state index in [-0.39, 0.29) is 5.75 Å². The molecule has 0 aliphatic heterocycles. The molecule has 1 aliphatic rings. The summed E-state index contributed by atoms with van der Waals surface area (Å²) in [5.74, 6) is -3.36. The van der Waals surface area contributed by atoms with Crippen molar-refractivity contribution in [2.45, 2.75) is 24.1 Å². The molecule has 7 heteroatoms. The summed E-state index contributed by atoms with van der Waals surface area (Å²) < 4.78 is 69.3. The maximum Gasteiger partial charge on any atom is 0.416 e. The Hall–Kier alpha value is -1.37. The third-order valence-corrected chi connectivity index (χ3v) is 3.04. The van der Waals surface area contributed by atoms with Crippen LogP contribution < -0.4 is 10.5 Å². The highest BCUT2D eigenvalue weighted by Gasteiger charge is 2.71. The van der Waals surface area contributed by atoms with Crippen molar-refractivity contribution in [2.75, 3.05) is 7.11 Å². The van der Waals surface area contributed by atoms with Gasteiger partial charge in [-0.25, -0.2) is 8.78 Å². The molecule has 1 aromatic rings. The number of benzene rings is 1. The zero-order chi connectivity index (χ0) is 13.8. The van der Waals surface area contributed by atoms with E-state index in [1.807, 2.05) is 0 Å². The summed E-state index contributed by atoms with van der Waals surface area (Å²) in [6.45, 7) is 0. The van der Waals surface area contributed by atoms with Crippen LogP contribution in [0.5, 0.6) is 5.75 Å². The molecule has 0 spiro atoms. The van der Waals surface area contributed by atoms with Gasteiger partial charge in [0.15, 0.2) is 0 Å². The summed E-state index contributed by atoms with van der Waals surface area (Å²) in [5.41, 5.74) is 1.34. The van der Waals surface area contributed by atoms with Crippen molar-refractivity contribution in [3.05, 3.63) is 29.3 Å². The van der Waals surface area contributed by atoms with E-state index < -0.39 is 35.2 Å². The first-order valence-electron chi connectivity index (χ1n) is 5.04. The first-order valence-corrected chi connectivity index (χ1v) is 5.04. The fourth-order valence-electron chi connectivity index (χ4n) is 1.87. The van der Waals surface area contributed by atoms with Gasteiger partial charge in [-0.05, 0) is 17.7 Å². The van der Waals surface area contributed by atoms with Crippen LogP contribution in [-0.4, -0.2) is 13.0 Å². The monoisotopic (exact) mass is 267 g/mol. The van der Waals surface area contributed by atoms with Crippen molar-refractivity contribution in [2.24, 2.45) is 5.73 Å². The molecule has 0 amide bonds. The summed E-state index contributed by atoms with van der Waals surface area (Å²) in [6.07, 6.45) is -5.54. The molecule has 1 saturated carbocycles. The van der Waals surface area contributed by atoms with Crippen LogP contribution in [0.25, 0.3) is 0 Å². The van der Waals surface area contributed by atoms with Crippen LogP contribution in [0.2, 0.25) is 0 Å². The van der Waals surface area contributed by atoms with E-state index in [9.17, 15) is 22.0 Å². The maximum atomic E-state index is 13.1. The molecule has 1 fully saturated rings. The highest BCUT2D eigenvalue weighted by Crippen LogP contribution is 2.59. The molecule has 2 nitrogen and oxygen atoms in total. The smallest absolute Gasteiger partial charge is 0.416 e. The second-order valence-electron chi connectivity index (χ2n) is 4.26. The van der Waals surface area contributed by atoms with Crippen molar-refractivity contribution in [1.82, 2.24) is 0 Å². The minimum absolute atomic E-state index is 0.0568. The molecule has 2 rings (SSSR count). The molecular weight excluding hydrogens is 257 g/mol. The number of nitrogens with two attached hydrogens (primary N) is 1. The number of hydrogen-bond donors (Lipinski definition) is 1. The van der Waals surface area contributed by atoms with E-state index in [2.05, 4.69) is 4.74 Å². The topological polar surface area (TPSA) is 35.2 Å². The molecule has 0 radical (unpaired) electrons. The fourth-order valence-corrected chi connectivity index (χ4v) is 1.87. The van der Waals surface area contributed by atoms with Gasteiger partial charge in [0.1, 0.15) is 11.3 Å². The number of rotatable bonds is 2. The van der Waals surface area contributed by atoms with Crippen molar-refractivity contribution in [3.8, 4) is 5.75 Å². The quantitative estimate of drug-likeness (QED) is 0.836. The molecule has 1 aromatic carbocycles. The predicted molar refractivity (Wildman–Crippen MR) is 53.4 cm³/mol. The van der Waals surface area contributed by atoms with Gasteiger partial charge in [0.05, 0.1) is 12.7 Å². The van der Waals surface area contributed by atoms with Gasteiger partial charge in [0.2, 0.25) is 0 Å². The molecule has 1 aliphatic carbocycles. The Morgan fingerprint density at radius 1 is 1.28 bits per heavy atom. The predicted octanol–water partition coefficient (Wildman–Crippen LogP) is 2.91. The Balaban J connectivity index is 2.55. The molecule has 0 heterocycles. The molecule has 18 heavy (non-hydrogen) atoms. The number of halogens is 5. The van der Waals surface area contributed by atoms with Gasteiger partial charge >= 0.3 is 6.18 Å². The molecule has 1 atom stereocenters. The highest BCUT2D eigenvalue weighted by atomic mass is 19.4. The summed E-state index contributed by atoms with van der Waals surface area (Å²) >= 11 is 0. The zero-order valence-corrected chi connectivity index (χ0v) is 9.31. The molecular formula is C11H10F5NO. The number of ether oxygens (including phenoxy) is 1. The second kappa shape index (κ2) is 3.57. The third-order valence-electron chi connectivity index (χ3n) is 3.04. The average molecular weight is 267 g/mol. The van der Waals surface area contributed by atoms with Crippen molar-refractivity contribution in [3.63, 3.8) is 0 Å². The number of methoxy groups -OCH3 is 1. The van der Waals surface area contributed by atoms with E-state index in [1.165, 1.54) is 13.2 Å². The molecule has 1 unspecified atom stereocenters. The standard InChI is InChI=1S/C11H10F5NO/c1-18-6-2-3-7(8(4-6)11(14,15)16)9(17)5-10(9,12)13/h2-4H,5,17H2,1H3. The Morgan fingerprint density at radius 3 is 2.22 bits per heavy atom. The molecule has 0 bridgehead atoms. The molecule has 2 N–H and O–H groups in total. The zero-order valence-electron chi connectivity index (χ0n) is 9.31. The fraction of sp³-hybridized carbons (Fsp3) is 0.455. The lowest BCUT2D eigenvalue weighted by molar-refractivity contribution is -0.138. The normalized spacial score (nSPS) is 25.9. The molecule has 0 aromatic heterocycles. The minimum atomic E-state index is -4.76. The average Bonchev–Trinajstić information content (AvgIpc) is 2.77. The van der Waals surface area contributed by atoms with E-state index in [0.29, 0.717) is 6.07 Å². The Morgan fingerprint density at radius 2 is 1.83 bits per heavy atom. The van der Waals surface area contributed by atoms with Gasteiger partial charge in [-0.3, -0.25) is 0 Å². The lowest BCUT2D eigenvalue weighted by atomic mass is 9.97. The maximum absolute atomic E-state index is 13.1. The number of alkyl halides is 5. The molecule has 0 saturated heterocycles. The van der Waals surface area contributed by atoms with Crippen LogP contribution in [0.3, 0.4) is 0 Å². The van der Waals surface area contributed by atoms with Crippen LogP contribution in [-0.2, 0) is 11.7 Å². The lowest BCUT2D eigenvalue weighted by Gasteiger charge is -2.18. The largest absolute Gasteiger partial charge is 0.497 e. The van der Waals surface area contributed by atoms with Gasteiger partial charge in [0.25, 0.3) is 5.92 Å². The Bertz CT molecular complexity index is 485. The second-order valence-corrected chi connectivity index (χ2v) is 4.26. The van der Waals surface area contributed by atoms with E-state index in [1.54, 1.807) is 0 Å². The minimum Gasteiger partial charge on any atom is -0.497 e. The van der Waals surface area contributed by atoms with Crippen LogP contribution in [0.15, 0.2) is 18.2 Å². The van der Waals surface area contributed by atoms with Crippen LogP contribution in [0.1, 0.15) is 17.5 Å². The highest BCUT2D eigenvalue weighted by molar-refractivity contribution is 5.46. The summed E-state index contributed by atoms with van der Waals surface area (Å²) in [5, 5.41) is 0. The van der Waals surface area contributed by atoms with E-state index in [4.69, 9.17) is 5.73 Å². The Labute approximate surface area is 99.5 Å². The van der Waals surface area contributed by atoms with Crippen molar-refractivity contribution in [1.29, 1.82) is 0 Å². The van der Waals surface area contributed by atoms with E-state index in [0.717, 1.165) is 6.07 Å². The van der Waals surface area contributed by atoms with Gasteiger partial charge in [0, 0.05) is 6.42 Å². The van der Waals surface area contributed by atoms with Crippen molar-refractivity contribution < 1.29 is 26.7 Å². The Kier molecular flexibility index (Phi) is 2.59. The van der Waals surface area contributed by atoms with Crippen LogP contribution >= 0.6 is 0 Å². The van der Waals surface area contributed by atoms with Crippen LogP contribution in [0.4, 0.5) is 22.0 Å². The first-order chi connectivity index (χ1) is 8.12. The summed E-state index contributed by atoms with van der Waals surface area (Å²) in [4.78, 5) is 0. The van der Waals surface area contributed by atoms with Gasteiger partial charge in [-0.2, -0.15) is 13.2 Å². The first kappa shape index (κ1) is 13.1. The van der Waals surface area contributed by atoms with Crippen molar-refractivity contribution >= 4 is 0 Å². The summed E-state index contributed by atoms with van der Waals surface area (Å²) in [6, 6.07) is 2.81. The number of hydrogen-bond acceptors (Lipinski definition) is 2. The van der Waals surface area contributed by atoms with Gasteiger partial charge < -0.3 is 10.5 Å².